The monoisotopic (exact) mass is 702 g/mol. The second-order valence-corrected chi connectivity index (χ2v) is 13.0. The summed E-state index contributed by atoms with van der Waals surface area (Å²) in [6.07, 6.45) is -9.05. The van der Waals surface area contributed by atoms with E-state index in [4.69, 9.17) is 14.0 Å². The topological polar surface area (TPSA) is 102 Å². The molecule has 1 aliphatic heterocycles. The van der Waals surface area contributed by atoms with E-state index in [1.165, 1.54) is 31.2 Å². The Morgan fingerprint density at radius 1 is 1.04 bits per heavy atom. The third kappa shape index (κ3) is 8.43. The molecule has 0 spiro atoms. The Morgan fingerprint density at radius 2 is 1.67 bits per heavy atom. The maximum absolute atomic E-state index is 13.9. The minimum Gasteiger partial charge on any atom is -0.349 e. The van der Waals surface area contributed by atoms with Crippen molar-refractivity contribution in [3.05, 3.63) is 123 Å². The van der Waals surface area contributed by atoms with Gasteiger partial charge in [-0.15, -0.1) is 9.55 Å². The minimum atomic E-state index is -5.06. The molecule has 1 aliphatic rings. The van der Waals surface area contributed by atoms with Crippen LogP contribution in [0.3, 0.4) is 0 Å². The Hall–Kier alpha value is -3.79. The van der Waals surface area contributed by atoms with Gasteiger partial charge in [-0.1, -0.05) is 42.5 Å². The van der Waals surface area contributed by atoms with Crippen LogP contribution >= 0.6 is 7.49 Å². The van der Waals surface area contributed by atoms with Gasteiger partial charge in [-0.25, -0.2) is 9.18 Å². The van der Waals surface area contributed by atoms with Gasteiger partial charge in [0.15, 0.2) is 6.29 Å². The number of benzene rings is 3. The number of rotatable bonds is 10. The molecule has 1 saturated heterocycles. The van der Waals surface area contributed by atoms with Gasteiger partial charge in [-0.2, -0.15) is 26.3 Å². The first kappa shape index (κ1) is 35.5. The van der Waals surface area contributed by atoms with Gasteiger partial charge in [0, 0.05) is 6.54 Å². The summed E-state index contributed by atoms with van der Waals surface area (Å²) in [7, 11) is -3.76. The summed E-state index contributed by atoms with van der Waals surface area (Å²) in [4.78, 5) is 28.0. The second-order valence-electron chi connectivity index (χ2n) is 11.0. The summed E-state index contributed by atoms with van der Waals surface area (Å²) in [6.45, 7) is 1.34. The second kappa shape index (κ2) is 14.0. The highest BCUT2D eigenvalue weighted by Crippen LogP contribution is 2.42. The fraction of sp³-hybridized carbons (Fsp3) is 0.323. The van der Waals surface area contributed by atoms with Crippen LogP contribution in [0.25, 0.3) is 0 Å². The maximum atomic E-state index is 13.9. The lowest BCUT2D eigenvalue weighted by molar-refractivity contribution is -0.231. The van der Waals surface area contributed by atoms with E-state index >= 15 is 0 Å². The number of morpholine rings is 1. The first-order chi connectivity index (χ1) is 22.5. The molecule has 9 nitrogen and oxygen atoms in total. The average Bonchev–Trinajstić information content (AvgIpc) is 3.41. The van der Waals surface area contributed by atoms with Crippen molar-refractivity contribution in [2.75, 3.05) is 13.2 Å². The molecule has 4 atom stereocenters. The van der Waals surface area contributed by atoms with E-state index in [0.717, 1.165) is 10.0 Å². The van der Waals surface area contributed by atoms with Crippen molar-refractivity contribution < 1.29 is 49.6 Å². The molecule has 4 aromatic rings. The predicted octanol–water partition coefficient (Wildman–Crippen LogP) is 6.68. The van der Waals surface area contributed by atoms with Gasteiger partial charge in [-0.3, -0.25) is 9.88 Å². The van der Waals surface area contributed by atoms with Gasteiger partial charge in [0.1, 0.15) is 11.6 Å². The molecule has 3 aromatic carbocycles. The van der Waals surface area contributed by atoms with Gasteiger partial charge in [0.25, 0.3) is 0 Å². The number of alkyl halides is 6. The number of aromatic nitrogens is 3. The molecule has 4 unspecified atom stereocenters. The van der Waals surface area contributed by atoms with Gasteiger partial charge in [0.2, 0.25) is 7.49 Å². The van der Waals surface area contributed by atoms with Crippen molar-refractivity contribution in [3.8, 4) is 0 Å². The summed E-state index contributed by atoms with van der Waals surface area (Å²) in [5, 5.41) is 4.19. The van der Waals surface area contributed by atoms with Crippen LogP contribution in [0.2, 0.25) is 0 Å². The lowest BCUT2D eigenvalue weighted by atomic mass is 10.0. The molecule has 1 fully saturated rings. The largest absolute Gasteiger partial charge is 0.416 e. The number of hydrogen-bond acceptors (Lipinski definition) is 7. The fourth-order valence-electron chi connectivity index (χ4n) is 5.14. The Labute approximate surface area is 269 Å². The highest BCUT2D eigenvalue weighted by Gasteiger charge is 2.40. The molecule has 0 aliphatic carbocycles. The van der Waals surface area contributed by atoms with E-state index in [0.29, 0.717) is 17.7 Å². The summed E-state index contributed by atoms with van der Waals surface area (Å²) >= 11 is 0. The number of H-pyrrole nitrogens is 1. The first-order valence-electron chi connectivity index (χ1n) is 14.4. The van der Waals surface area contributed by atoms with Crippen LogP contribution < -0.4 is 5.69 Å². The highest BCUT2D eigenvalue weighted by molar-refractivity contribution is 7.61. The van der Waals surface area contributed by atoms with Crippen LogP contribution in [0.1, 0.15) is 52.7 Å². The summed E-state index contributed by atoms with van der Waals surface area (Å²) < 4.78 is 113. The Bertz CT molecular complexity index is 1780. The molecular formula is C31H30F7N4O5P. The van der Waals surface area contributed by atoms with Gasteiger partial charge >= 0.3 is 18.0 Å². The fourth-order valence-corrected chi connectivity index (χ4v) is 6.19. The summed E-state index contributed by atoms with van der Waals surface area (Å²) in [5.74, 6) is -0.493. The van der Waals surface area contributed by atoms with Crippen molar-refractivity contribution in [1.29, 1.82) is 0 Å². The number of aromatic amines is 1. The summed E-state index contributed by atoms with van der Waals surface area (Å²) in [5.41, 5.74) is -3.04. The number of nitrogens with zero attached hydrogens (tertiary/aromatic N) is 3. The Kier molecular flexibility index (Phi) is 10.3. The van der Waals surface area contributed by atoms with Crippen LogP contribution in [0.5, 0.6) is 0 Å². The number of hydrogen-bond donors (Lipinski definition) is 2. The first-order valence-corrected chi connectivity index (χ1v) is 16.2. The van der Waals surface area contributed by atoms with E-state index in [9.17, 15) is 40.4 Å². The number of ether oxygens (including phenoxy) is 2. The van der Waals surface area contributed by atoms with Gasteiger partial charge < -0.3 is 18.9 Å². The lowest BCUT2D eigenvalue weighted by Gasteiger charge is -2.41. The molecular weight excluding hydrogens is 672 g/mol. The molecule has 0 amide bonds. The molecule has 2 heterocycles. The standard InChI is InChI=1S/C31H30F7N4O5P/c1-19(22-14-23(30(33,34)35)16-24(15-22)31(36,37)38)47-28-27(21-8-10-25(32)11-9-21)41(12-13-45-28)17-26-39-29(43)42(40-26)48(2,44)46-18-20-6-4-3-5-7-20/h3-11,14-16,19,27-28,44H,2,12-13,17-18H2,1H3,(H,39,40,43). The van der Waals surface area contributed by atoms with Gasteiger partial charge in [0.05, 0.1) is 43.0 Å². The molecule has 0 radical (unpaired) electrons. The van der Waals surface area contributed by atoms with Crippen molar-refractivity contribution in [3.63, 3.8) is 0 Å². The quantitative estimate of drug-likeness (QED) is 0.141. The molecule has 5 rings (SSSR count). The maximum Gasteiger partial charge on any atom is 0.416 e. The summed E-state index contributed by atoms with van der Waals surface area (Å²) in [6, 6.07) is 14.3. The van der Waals surface area contributed by atoms with Crippen molar-refractivity contribution in [2.45, 2.75) is 50.9 Å². The lowest BCUT2D eigenvalue weighted by Crippen LogP contribution is -2.46. The van der Waals surface area contributed by atoms with Crippen molar-refractivity contribution in [1.82, 2.24) is 19.4 Å². The number of halogens is 7. The van der Waals surface area contributed by atoms with Crippen molar-refractivity contribution >= 4 is 13.8 Å². The Balaban J connectivity index is 1.41. The Morgan fingerprint density at radius 3 is 2.27 bits per heavy atom. The van der Waals surface area contributed by atoms with Crippen LogP contribution in [0.15, 0.2) is 77.6 Å². The van der Waals surface area contributed by atoms with E-state index in [2.05, 4.69) is 16.4 Å². The van der Waals surface area contributed by atoms with Crippen LogP contribution in [-0.4, -0.2) is 50.1 Å². The normalized spacial score (nSPS) is 19.6. The number of nitrogens with one attached hydrogen (secondary N) is 1. The minimum absolute atomic E-state index is 0.00285. The molecule has 1 aromatic heterocycles. The smallest absolute Gasteiger partial charge is 0.349 e. The van der Waals surface area contributed by atoms with E-state index in [1.54, 1.807) is 35.2 Å². The van der Waals surface area contributed by atoms with Crippen molar-refractivity contribution in [2.24, 2.45) is 0 Å². The zero-order valence-electron chi connectivity index (χ0n) is 25.2. The van der Waals surface area contributed by atoms with E-state index < -0.39 is 66.5 Å². The molecule has 17 heteroatoms. The average molecular weight is 703 g/mol. The van der Waals surface area contributed by atoms with E-state index in [-0.39, 0.29) is 38.2 Å². The molecule has 0 saturated carbocycles. The van der Waals surface area contributed by atoms with Crippen LogP contribution in [0.4, 0.5) is 30.7 Å². The highest BCUT2D eigenvalue weighted by atomic mass is 31.2. The molecule has 0 bridgehead atoms. The molecule has 48 heavy (non-hydrogen) atoms. The van der Waals surface area contributed by atoms with E-state index in [1.807, 2.05) is 0 Å². The third-order valence-corrected chi connectivity index (χ3v) is 8.92. The predicted molar refractivity (Wildman–Crippen MR) is 161 cm³/mol. The zero-order valence-corrected chi connectivity index (χ0v) is 26.1. The van der Waals surface area contributed by atoms with Crippen LogP contribution in [-0.2, 0) is 39.5 Å². The third-order valence-electron chi connectivity index (χ3n) is 7.52. The molecule has 258 valence electrons. The van der Waals surface area contributed by atoms with Gasteiger partial charge in [-0.05, 0) is 60.2 Å². The zero-order chi connectivity index (χ0) is 34.9. The van der Waals surface area contributed by atoms with Crippen LogP contribution in [0, 0.1) is 5.82 Å². The SMILES string of the molecule is C=P(O)(OCc1ccccc1)n1nc(CN2CCOC(OC(C)c3cc(C(F)(F)F)cc(C(F)(F)F)c3)C2c2ccc(F)cc2)[nH]c1=O. The molecule has 2 N–H and O–H groups in total.